The van der Waals surface area contributed by atoms with Crippen molar-refractivity contribution in [2.45, 2.75) is 20.8 Å². The van der Waals surface area contributed by atoms with Gasteiger partial charge in [-0.1, -0.05) is 20.8 Å². The average molecular weight is 127 g/mol. The first-order valence-corrected chi connectivity index (χ1v) is 2.69. The topological polar surface area (TPSA) is 43.5 Å². The summed E-state index contributed by atoms with van der Waals surface area (Å²) in [6.07, 6.45) is 0. The van der Waals surface area contributed by atoms with Crippen molar-refractivity contribution in [3.05, 3.63) is 0 Å². The van der Waals surface area contributed by atoms with E-state index in [-0.39, 0.29) is 5.91 Å². The molecule has 0 aliphatic rings. The monoisotopic (exact) mass is 127 g/mol. The van der Waals surface area contributed by atoms with E-state index in [1.54, 1.807) is 20.8 Å². The van der Waals surface area contributed by atoms with Gasteiger partial charge in [-0.15, -0.1) is 0 Å². The fourth-order valence-corrected chi connectivity index (χ4v) is 0.214. The normalized spacial score (nSPS) is 10.1. The third kappa shape index (κ3) is 2.77. The first-order chi connectivity index (χ1) is 3.98. The molecule has 0 unspecified atom stereocenters. The summed E-state index contributed by atoms with van der Waals surface area (Å²) < 4.78 is 0. The van der Waals surface area contributed by atoms with E-state index in [2.05, 4.69) is 16.6 Å². The van der Waals surface area contributed by atoms with Crippen molar-refractivity contribution in [3.63, 3.8) is 0 Å². The Balaban J connectivity index is 4.22. The van der Waals surface area contributed by atoms with Crippen molar-refractivity contribution < 1.29 is 9.58 Å². The molecule has 1 amide bonds. The molecule has 0 atom stereocenters. The summed E-state index contributed by atoms with van der Waals surface area (Å²) in [6, 6.07) is 0. The third-order valence-electron chi connectivity index (χ3n) is 0.803. The van der Waals surface area contributed by atoms with Gasteiger partial charge in [-0.2, -0.15) is 0 Å². The highest BCUT2D eigenvalue weighted by Crippen LogP contribution is 2.13. The van der Waals surface area contributed by atoms with Crippen LogP contribution in [0.2, 0.25) is 0 Å². The summed E-state index contributed by atoms with van der Waals surface area (Å²) in [4.78, 5) is 13.9. The summed E-state index contributed by atoms with van der Waals surface area (Å²) in [5.41, 5.74) is -0.429. The highest BCUT2D eigenvalue weighted by atomic mass is 16.2. The summed E-state index contributed by atoms with van der Waals surface area (Å²) >= 11 is 0. The molecule has 0 rings (SSSR count). The van der Waals surface area contributed by atoms with Crippen LogP contribution in [0.4, 0.5) is 0 Å². The second kappa shape index (κ2) is 2.55. The molecule has 0 fully saturated rings. The molecule has 0 aromatic carbocycles. The van der Waals surface area contributed by atoms with E-state index in [1.807, 2.05) is 0 Å². The minimum absolute atomic E-state index is 0.238. The van der Waals surface area contributed by atoms with Crippen LogP contribution in [0.5, 0.6) is 0 Å². The van der Waals surface area contributed by atoms with Crippen molar-refractivity contribution in [2.75, 3.05) is 0 Å². The SMILES string of the molecule is C=[N+]=NC(=O)C(C)(C)C. The summed E-state index contributed by atoms with van der Waals surface area (Å²) in [5, 5.41) is 3.27. The quantitative estimate of drug-likeness (QED) is 0.271. The highest BCUT2D eigenvalue weighted by molar-refractivity contribution is 5.81. The van der Waals surface area contributed by atoms with Crippen molar-refractivity contribution in [2.24, 2.45) is 10.5 Å². The van der Waals surface area contributed by atoms with Gasteiger partial charge in [-0.05, 0) is 0 Å². The number of hydrogen-bond acceptors (Lipinski definition) is 1. The molecule has 0 saturated carbocycles. The maximum absolute atomic E-state index is 10.8. The Labute approximate surface area is 54.5 Å². The van der Waals surface area contributed by atoms with Crippen LogP contribution in [-0.4, -0.2) is 17.4 Å². The van der Waals surface area contributed by atoms with E-state index in [9.17, 15) is 4.79 Å². The Morgan fingerprint density at radius 3 is 2.11 bits per heavy atom. The Bertz CT molecular complexity index is 160. The minimum atomic E-state index is -0.429. The Kier molecular flexibility index (Phi) is 2.29. The average Bonchev–Trinajstić information content (AvgIpc) is 1.64. The number of nitrogens with zero attached hydrogens (tertiary/aromatic N) is 2. The molecular formula is C6H11N2O+. The zero-order valence-electron chi connectivity index (χ0n) is 6.01. The summed E-state index contributed by atoms with van der Waals surface area (Å²) in [6.45, 7) is 8.42. The van der Waals surface area contributed by atoms with E-state index in [4.69, 9.17) is 0 Å². The lowest BCUT2D eigenvalue weighted by Gasteiger charge is -2.06. The predicted octanol–water partition coefficient (Wildman–Crippen LogP) is 0.920. The molecule has 0 bridgehead atoms. The molecule has 0 aliphatic heterocycles. The molecular weight excluding hydrogens is 116 g/mol. The van der Waals surface area contributed by atoms with Crippen molar-refractivity contribution in [3.8, 4) is 0 Å². The van der Waals surface area contributed by atoms with Crippen LogP contribution >= 0.6 is 0 Å². The molecule has 9 heavy (non-hydrogen) atoms. The lowest BCUT2D eigenvalue weighted by atomic mass is 9.96. The van der Waals surface area contributed by atoms with E-state index in [0.717, 1.165) is 0 Å². The lowest BCUT2D eigenvalue weighted by molar-refractivity contribution is -0.146. The van der Waals surface area contributed by atoms with Crippen LogP contribution in [0.25, 0.3) is 0 Å². The van der Waals surface area contributed by atoms with E-state index in [0.29, 0.717) is 0 Å². The Morgan fingerprint density at radius 2 is 2.00 bits per heavy atom. The van der Waals surface area contributed by atoms with Gasteiger partial charge < -0.3 is 0 Å². The van der Waals surface area contributed by atoms with Gasteiger partial charge in [0.25, 0.3) is 6.72 Å². The Morgan fingerprint density at radius 1 is 1.56 bits per heavy atom. The first-order valence-electron chi connectivity index (χ1n) is 2.69. The molecule has 0 aromatic heterocycles. The van der Waals surface area contributed by atoms with E-state index < -0.39 is 5.41 Å². The first kappa shape index (κ1) is 8.05. The summed E-state index contributed by atoms with van der Waals surface area (Å²) in [5.74, 6) is -0.238. The number of carbonyl (C=O) groups is 1. The van der Waals surface area contributed by atoms with Gasteiger partial charge in [-0.3, -0.25) is 4.79 Å². The van der Waals surface area contributed by atoms with Gasteiger partial charge >= 0.3 is 5.91 Å². The van der Waals surface area contributed by atoms with Crippen LogP contribution in [-0.2, 0) is 4.79 Å². The predicted molar refractivity (Wildman–Crippen MR) is 34.3 cm³/mol. The molecule has 0 N–H and O–H groups in total. The zero-order valence-corrected chi connectivity index (χ0v) is 6.01. The van der Waals surface area contributed by atoms with E-state index in [1.165, 1.54) is 0 Å². The number of rotatable bonds is 0. The smallest absolute Gasteiger partial charge is 0.264 e. The molecule has 0 heterocycles. The van der Waals surface area contributed by atoms with Crippen LogP contribution in [0.15, 0.2) is 5.11 Å². The largest absolute Gasteiger partial charge is 0.332 e. The molecule has 0 aromatic rings. The van der Waals surface area contributed by atoms with Crippen molar-refractivity contribution in [1.29, 1.82) is 0 Å². The summed E-state index contributed by atoms with van der Waals surface area (Å²) in [7, 11) is 0. The fraction of sp³-hybridized carbons (Fsp3) is 0.667. The van der Waals surface area contributed by atoms with Gasteiger partial charge in [0.2, 0.25) is 0 Å². The maximum Gasteiger partial charge on any atom is 0.332 e. The number of carbonyl (C=O) groups excluding carboxylic acids is 1. The minimum Gasteiger partial charge on any atom is -0.264 e. The van der Waals surface area contributed by atoms with Gasteiger partial charge in [-0.25, -0.2) is 0 Å². The van der Waals surface area contributed by atoms with Gasteiger partial charge in [0.05, 0.1) is 10.2 Å². The van der Waals surface area contributed by atoms with Crippen LogP contribution in [0, 0.1) is 5.41 Å². The van der Waals surface area contributed by atoms with E-state index >= 15 is 0 Å². The highest BCUT2D eigenvalue weighted by Gasteiger charge is 2.24. The zero-order chi connectivity index (χ0) is 7.49. The fourth-order valence-electron chi connectivity index (χ4n) is 0.214. The lowest BCUT2D eigenvalue weighted by Crippen LogP contribution is -2.17. The molecule has 0 aliphatic carbocycles. The van der Waals surface area contributed by atoms with Crippen LogP contribution in [0.3, 0.4) is 0 Å². The number of hydrogen-bond donors (Lipinski definition) is 0. The molecule has 0 saturated heterocycles. The molecule has 0 radical (unpaired) electrons. The van der Waals surface area contributed by atoms with Crippen LogP contribution in [0.1, 0.15) is 20.8 Å². The van der Waals surface area contributed by atoms with Crippen LogP contribution < -0.4 is 0 Å². The van der Waals surface area contributed by atoms with Crippen molar-refractivity contribution in [1.82, 2.24) is 0 Å². The second-order valence-electron chi connectivity index (χ2n) is 2.80. The maximum atomic E-state index is 10.8. The van der Waals surface area contributed by atoms with Gasteiger partial charge in [0.1, 0.15) is 0 Å². The molecule has 0 spiro atoms. The Hall–Kier alpha value is -0.950. The second-order valence-corrected chi connectivity index (χ2v) is 2.80. The standard InChI is InChI=1S/C6H11N2O/c1-6(2,3)5(9)8-7-4/h4H2,1-3H3/q+1. The van der Waals surface area contributed by atoms with Gasteiger partial charge in [0, 0.05) is 0 Å². The van der Waals surface area contributed by atoms with Gasteiger partial charge in [0.15, 0.2) is 5.11 Å². The third-order valence-corrected chi connectivity index (χ3v) is 0.803. The molecule has 50 valence electrons. The van der Waals surface area contributed by atoms with Crippen molar-refractivity contribution >= 4 is 12.6 Å². The molecule has 3 nitrogen and oxygen atoms in total. The molecule has 3 heteroatoms. The number of amides is 1.